The lowest BCUT2D eigenvalue weighted by molar-refractivity contribution is -0.134. The van der Waals surface area contributed by atoms with Crippen LogP contribution in [0, 0.1) is 6.92 Å². The minimum atomic E-state index is -0.0984. The van der Waals surface area contributed by atoms with E-state index in [0.717, 1.165) is 45.6 Å². The molecule has 1 atom stereocenters. The fourth-order valence-corrected chi connectivity index (χ4v) is 4.91. The summed E-state index contributed by atoms with van der Waals surface area (Å²) in [5.41, 5.74) is 0. The van der Waals surface area contributed by atoms with Crippen LogP contribution in [0.15, 0.2) is 28.1 Å². The maximum absolute atomic E-state index is 12.9. The highest BCUT2D eigenvalue weighted by Crippen LogP contribution is 2.34. The van der Waals surface area contributed by atoms with Crippen molar-refractivity contribution in [3.8, 4) is 0 Å². The molecule has 0 aliphatic carbocycles. The summed E-state index contributed by atoms with van der Waals surface area (Å²) in [5.74, 6) is 1.23. The molecule has 2 aliphatic heterocycles. The highest BCUT2D eigenvalue weighted by Gasteiger charge is 2.32. The number of rotatable bonds is 6. The fraction of sp³-hybridized carbons (Fsp3) is 0.550. The average Bonchev–Trinajstić information content (AvgIpc) is 3.44. The summed E-state index contributed by atoms with van der Waals surface area (Å²) in [6.07, 6.45) is 2.13. The minimum absolute atomic E-state index is 0.0984. The van der Waals surface area contributed by atoms with Crippen molar-refractivity contribution in [3.63, 3.8) is 0 Å². The number of aryl methyl sites for hydroxylation is 1. The number of nitrogens with one attached hydrogen (secondary N) is 1. The van der Waals surface area contributed by atoms with Crippen molar-refractivity contribution in [1.29, 1.82) is 0 Å². The smallest absolute Gasteiger partial charge is 0.239 e. The van der Waals surface area contributed by atoms with E-state index in [1.165, 1.54) is 4.88 Å². The lowest BCUT2D eigenvalue weighted by atomic mass is 10.2. The van der Waals surface area contributed by atoms with Crippen molar-refractivity contribution in [1.82, 2.24) is 19.9 Å². The van der Waals surface area contributed by atoms with E-state index in [0.29, 0.717) is 24.7 Å². The Morgan fingerprint density at radius 2 is 1.97 bits per heavy atom. The van der Waals surface area contributed by atoms with Gasteiger partial charge in [-0.15, -0.1) is 11.3 Å². The summed E-state index contributed by atoms with van der Waals surface area (Å²) < 4.78 is 4.96. The van der Waals surface area contributed by atoms with Gasteiger partial charge in [0.2, 0.25) is 11.8 Å². The maximum Gasteiger partial charge on any atom is 0.239 e. The molecule has 2 aromatic rings. The summed E-state index contributed by atoms with van der Waals surface area (Å²) in [6.45, 7) is 6.54. The van der Waals surface area contributed by atoms with E-state index in [4.69, 9.17) is 4.52 Å². The first-order valence-corrected chi connectivity index (χ1v) is 11.0. The second-order valence-corrected chi connectivity index (χ2v) is 8.66. The molecule has 2 saturated heterocycles. The zero-order chi connectivity index (χ0) is 20.2. The van der Waals surface area contributed by atoms with Crippen LogP contribution in [0.2, 0.25) is 0 Å². The van der Waals surface area contributed by atoms with Gasteiger partial charge in [-0.2, -0.15) is 0 Å². The Bertz CT molecular complexity index is 829. The minimum Gasteiger partial charge on any atom is -0.360 e. The van der Waals surface area contributed by atoms with Crippen molar-refractivity contribution < 1.29 is 14.1 Å². The van der Waals surface area contributed by atoms with Gasteiger partial charge >= 0.3 is 0 Å². The van der Waals surface area contributed by atoms with Gasteiger partial charge in [0.25, 0.3) is 0 Å². The third-order valence-electron chi connectivity index (χ3n) is 5.53. The van der Waals surface area contributed by atoms with Crippen LogP contribution in [0.25, 0.3) is 0 Å². The number of carbonyl (C=O) groups excluding carboxylic acids is 2. The van der Waals surface area contributed by atoms with Gasteiger partial charge in [0.15, 0.2) is 5.82 Å². The Hall–Kier alpha value is -2.23. The van der Waals surface area contributed by atoms with E-state index in [9.17, 15) is 9.59 Å². The van der Waals surface area contributed by atoms with E-state index in [2.05, 4.69) is 37.8 Å². The molecule has 8 nitrogen and oxygen atoms in total. The second kappa shape index (κ2) is 9.06. The topological polar surface area (TPSA) is 81.9 Å². The number of thiophene rings is 1. The van der Waals surface area contributed by atoms with Crippen LogP contribution in [-0.4, -0.2) is 77.5 Å². The number of piperazine rings is 1. The first-order chi connectivity index (χ1) is 14.1. The van der Waals surface area contributed by atoms with Gasteiger partial charge in [-0.25, -0.2) is 0 Å². The first-order valence-electron chi connectivity index (χ1n) is 10.1. The van der Waals surface area contributed by atoms with E-state index in [1.807, 2.05) is 4.90 Å². The predicted octanol–water partition coefficient (Wildman–Crippen LogP) is 1.96. The predicted molar refractivity (Wildman–Crippen MR) is 111 cm³/mol. The Morgan fingerprint density at radius 1 is 1.21 bits per heavy atom. The summed E-state index contributed by atoms with van der Waals surface area (Å²) in [7, 11) is 0. The molecule has 2 amide bonds. The Morgan fingerprint density at radius 3 is 2.62 bits per heavy atom. The molecule has 4 rings (SSSR count). The van der Waals surface area contributed by atoms with Crippen LogP contribution in [0.1, 0.15) is 29.5 Å². The van der Waals surface area contributed by atoms with Gasteiger partial charge in [-0.05, 0) is 31.2 Å². The van der Waals surface area contributed by atoms with Crippen molar-refractivity contribution in [2.75, 3.05) is 51.1 Å². The molecule has 0 radical (unpaired) electrons. The van der Waals surface area contributed by atoms with Gasteiger partial charge in [-0.3, -0.25) is 19.4 Å². The van der Waals surface area contributed by atoms with Gasteiger partial charge < -0.3 is 14.7 Å². The first kappa shape index (κ1) is 20.1. The molecular weight excluding hydrogens is 390 g/mol. The Labute approximate surface area is 174 Å². The molecule has 0 bridgehead atoms. The van der Waals surface area contributed by atoms with Crippen LogP contribution < -0.4 is 5.32 Å². The SMILES string of the molecule is Cc1cc(NC(=O)CN2CCN(CC(=O)N3CCC[C@H]3c3cccs3)CC2)no1. The normalized spacial score (nSPS) is 20.9. The summed E-state index contributed by atoms with van der Waals surface area (Å²) >= 11 is 1.73. The lowest BCUT2D eigenvalue weighted by Crippen LogP contribution is -2.51. The summed E-state index contributed by atoms with van der Waals surface area (Å²) in [4.78, 5) is 32.7. The number of hydrogen-bond donors (Lipinski definition) is 1. The standard InChI is InChI=1S/C20H27N5O3S/c1-15-12-18(22-28-15)21-19(26)13-23-7-9-24(10-8-23)14-20(27)25-6-2-4-16(25)17-5-3-11-29-17/h3,5,11-12,16H,2,4,6-10,13-14H2,1H3,(H,21,22,26)/t16-/m0/s1. The number of anilines is 1. The Balaban J connectivity index is 1.21. The molecule has 1 N–H and O–H groups in total. The van der Waals surface area contributed by atoms with Gasteiger partial charge in [0, 0.05) is 43.7 Å². The number of carbonyl (C=O) groups is 2. The number of amides is 2. The third kappa shape index (κ3) is 5.04. The van der Waals surface area contributed by atoms with Gasteiger partial charge in [-0.1, -0.05) is 11.2 Å². The second-order valence-electron chi connectivity index (χ2n) is 7.68. The van der Waals surface area contributed by atoms with E-state index >= 15 is 0 Å². The van der Waals surface area contributed by atoms with Crippen molar-refractivity contribution >= 4 is 29.0 Å². The highest BCUT2D eigenvalue weighted by atomic mass is 32.1. The largest absolute Gasteiger partial charge is 0.360 e. The molecule has 156 valence electrons. The van der Waals surface area contributed by atoms with Crippen LogP contribution in [0.4, 0.5) is 5.82 Å². The molecular formula is C20H27N5O3S. The van der Waals surface area contributed by atoms with Crippen LogP contribution >= 0.6 is 11.3 Å². The summed E-state index contributed by atoms with van der Waals surface area (Å²) in [6, 6.07) is 6.13. The quantitative estimate of drug-likeness (QED) is 0.774. The van der Waals surface area contributed by atoms with Crippen molar-refractivity contribution in [2.24, 2.45) is 0 Å². The van der Waals surface area contributed by atoms with E-state index in [1.54, 1.807) is 24.3 Å². The molecule has 2 aromatic heterocycles. The molecule has 0 saturated carbocycles. The third-order valence-corrected chi connectivity index (χ3v) is 6.50. The fourth-order valence-electron chi connectivity index (χ4n) is 4.04. The van der Waals surface area contributed by atoms with Crippen molar-refractivity contribution in [2.45, 2.75) is 25.8 Å². The molecule has 4 heterocycles. The number of likely N-dealkylation sites (tertiary alicyclic amines) is 1. The van der Waals surface area contributed by atoms with E-state index < -0.39 is 0 Å². The molecule has 2 fully saturated rings. The maximum atomic E-state index is 12.9. The lowest BCUT2D eigenvalue weighted by Gasteiger charge is -2.35. The molecule has 0 aromatic carbocycles. The zero-order valence-electron chi connectivity index (χ0n) is 16.7. The number of nitrogens with zero attached hydrogens (tertiary/aromatic N) is 4. The molecule has 0 unspecified atom stereocenters. The average molecular weight is 418 g/mol. The zero-order valence-corrected chi connectivity index (χ0v) is 17.5. The monoisotopic (exact) mass is 417 g/mol. The van der Waals surface area contributed by atoms with Crippen LogP contribution in [0.5, 0.6) is 0 Å². The number of aromatic nitrogens is 1. The highest BCUT2D eigenvalue weighted by molar-refractivity contribution is 7.10. The van der Waals surface area contributed by atoms with Crippen LogP contribution in [0.3, 0.4) is 0 Å². The van der Waals surface area contributed by atoms with Crippen LogP contribution in [-0.2, 0) is 9.59 Å². The summed E-state index contributed by atoms with van der Waals surface area (Å²) in [5, 5.41) is 8.61. The van der Waals surface area contributed by atoms with Gasteiger partial charge in [0.05, 0.1) is 19.1 Å². The molecule has 2 aliphatic rings. The number of hydrogen-bond acceptors (Lipinski definition) is 7. The molecule has 0 spiro atoms. The Kier molecular flexibility index (Phi) is 6.27. The van der Waals surface area contributed by atoms with Crippen molar-refractivity contribution in [3.05, 3.63) is 34.2 Å². The molecule has 9 heteroatoms. The molecule has 29 heavy (non-hydrogen) atoms. The van der Waals surface area contributed by atoms with E-state index in [-0.39, 0.29) is 17.9 Å². The van der Waals surface area contributed by atoms with Gasteiger partial charge in [0.1, 0.15) is 5.76 Å².